The number of non-ortho nitro benzene ring substituents is 1. The summed E-state index contributed by atoms with van der Waals surface area (Å²) in [6.45, 7) is 0.0120. The Hall–Kier alpha value is -4.51. The van der Waals surface area contributed by atoms with Gasteiger partial charge in [-0.2, -0.15) is 0 Å². The number of nitro groups is 1. The number of hydrogen-bond donors (Lipinski definition) is 0. The van der Waals surface area contributed by atoms with Crippen LogP contribution in [-0.2, 0) is 11.3 Å². The molecule has 1 saturated heterocycles. The van der Waals surface area contributed by atoms with Gasteiger partial charge in [-0.05, 0) is 59.3 Å². The molecule has 182 valence electrons. The Morgan fingerprint density at radius 3 is 2.53 bits per heavy atom. The van der Waals surface area contributed by atoms with Crippen LogP contribution in [0.2, 0.25) is 0 Å². The monoisotopic (exact) mass is 508 g/mol. The van der Waals surface area contributed by atoms with Gasteiger partial charge in [0.1, 0.15) is 5.82 Å². The van der Waals surface area contributed by atoms with E-state index in [-0.39, 0.29) is 34.2 Å². The molecular weight excluding hydrogens is 491 g/mol. The average molecular weight is 508 g/mol. The van der Waals surface area contributed by atoms with E-state index in [2.05, 4.69) is 0 Å². The number of halogens is 1. The fraction of sp³-hybridized carbons (Fsp3) is 0.0800. The van der Waals surface area contributed by atoms with Crippen molar-refractivity contribution in [2.24, 2.45) is 0 Å². The molecule has 3 aromatic carbocycles. The van der Waals surface area contributed by atoms with Crippen molar-refractivity contribution in [3.63, 3.8) is 0 Å². The number of nitrogens with zero attached hydrogens (tertiary/aromatic N) is 2. The first-order valence-electron chi connectivity index (χ1n) is 10.4. The van der Waals surface area contributed by atoms with Crippen molar-refractivity contribution in [3.05, 3.63) is 104 Å². The topological polar surface area (TPSA) is 116 Å². The third kappa shape index (κ3) is 5.41. The molecule has 9 nitrogen and oxygen atoms in total. The summed E-state index contributed by atoms with van der Waals surface area (Å²) in [6, 6.07) is 15.2. The zero-order chi connectivity index (χ0) is 25.8. The summed E-state index contributed by atoms with van der Waals surface area (Å²) in [5, 5.41) is 10.5. The number of benzene rings is 3. The first kappa shape index (κ1) is 24.6. The van der Waals surface area contributed by atoms with Crippen molar-refractivity contribution in [2.75, 3.05) is 7.11 Å². The number of rotatable bonds is 7. The van der Waals surface area contributed by atoms with Crippen LogP contribution in [0.1, 0.15) is 21.5 Å². The van der Waals surface area contributed by atoms with Crippen LogP contribution in [0, 0.1) is 15.9 Å². The number of thioether (sulfide) groups is 1. The molecule has 0 radical (unpaired) electrons. The number of carbonyl (C=O) groups is 3. The smallest absolute Gasteiger partial charge is 0.343 e. The Balaban J connectivity index is 1.51. The van der Waals surface area contributed by atoms with Crippen molar-refractivity contribution < 1.29 is 33.2 Å². The molecule has 11 heteroatoms. The lowest BCUT2D eigenvalue weighted by Gasteiger charge is -2.12. The highest BCUT2D eigenvalue weighted by atomic mass is 32.2. The molecular formula is C25H17FN2O7S. The van der Waals surface area contributed by atoms with E-state index >= 15 is 0 Å². The molecule has 1 aliphatic rings. The molecule has 0 spiro atoms. The van der Waals surface area contributed by atoms with Crippen LogP contribution in [0.15, 0.2) is 71.6 Å². The predicted molar refractivity (Wildman–Crippen MR) is 129 cm³/mol. The third-order valence-electron chi connectivity index (χ3n) is 5.11. The SMILES string of the molecule is COc1cc(/C=C2\SC(=O)N(Cc3ccc(F)cc3)C2=O)ccc1OC(=O)c1cccc([N+](=O)[O-])c1. The molecule has 3 aromatic rings. The molecule has 0 aromatic heterocycles. The van der Waals surface area contributed by atoms with Crippen LogP contribution < -0.4 is 9.47 Å². The molecule has 36 heavy (non-hydrogen) atoms. The fourth-order valence-electron chi connectivity index (χ4n) is 3.32. The van der Waals surface area contributed by atoms with Gasteiger partial charge in [-0.1, -0.05) is 24.3 Å². The normalized spacial score (nSPS) is 14.3. The van der Waals surface area contributed by atoms with Crippen LogP contribution in [0.3, 0.4) is 0 Å². The Morgan fingerprint density at radius 2 is 1.83 bits per heavy atom. The molecule has 1 heterocycles. The van der Waals surface area contributed by atoms with Gasteiger partial charge in [-0.15, -0.1) is 0 Å². The summed E-state index contributed by atoms with van der Waals surface area (Å²) in [5.41, 5.74) is 0.858. The van der Waals surface area contributed by atoms with Gasteiger partial charge in [0.25, 0.3) is 16.8 Å². The van der Waals surface area contributed by atoms with E-state index in [0.29, 0.717) is 11.1 Å². The van der Waals surface area contributed by atoms with E-state index in [1.165, 1.54) is 67.8 Å². The van der Waals surface area contributed by atoms with Crippen LogP contribution in [0.5, 0.6) is 11.5 Å². The van der Waals surface area contributed by atoms with Gasteiger partial charge in [0.2, 0.25) is 0 Å². The highest BCUT2D eigenvalue weighted by Gasteiger charge is 2.35. The highest BCUT2D eigenvalue weighted by Crippen LogP contribution is 2.35. The Morgan fingerprint density at radius 1 is 1.08 bits per heavy atom. The maximum absolute atomic E-state index is 13.1. The van der Waals surface area contributed by atoms with Crippen LogP contribution in [0.25, 0.3) is 6.08 Å². The quantitative estimate of drug-likeness (QED) is 0.141. The molecule has 0 bridgehead atoms. The van der Waals surface area contributed by atoms with E-state index in [1.54, 1.807) is 6.07 Å². The number of hydrogen-bond acceptors (Lipinski definition) is 8. The van der Waals surface area contributed by atoms with Crippen molar-refractivity contribution in [3.8, 4) is 11.5 Å². The van der Waals surface area contributed by atoms with E-state index < -0.39 is 27.9 Å². The Labute approximate surface area is 208 Å². The summed E-state index contributed by atoms with van der Waals surface area (Å²) < 4.78 is 23.8. The zero-order valence-corrected chi connectivity index (χ0v) is 19.5. The molecule has 0 unspecified atom stereocenters. The summed E-state index contributed by atoms with van der Waals surface area (Å²) in [4.78, 5) is 49.2. The van der Waals surface area contributed by atoms with E-state index in [1.807, 2.05) is 0 Å². The molecule has 1 fully saturated rings. The lowest BCUT2D eigenvalue weighted by molar-refractivity contribution is -0.384. The number of methoxy groups -OCH3 is 1. The van der Waals surface area contributed by atoms with Crippen molar-refractivity contribution in [1.29, 1.82) is 0 Å². The average Bonchev–Trinajstić information content (AvgIpc) is 3.13. The predicted octanol–water partition coefficient (Wildman–Crippen LogP) is 5.20. The lowest BCUT2D eigenvalue weighted by atomic mass is 10.1. The number of esters is 1. The second-order valence-corrected chi connectivity index (χ2v) is 8.49. The van der Waals surface area contributed by atoms with Gasteiger partial charge in [-0.3, -0.25) is 24.6 Å². The van der Waals surface area contributed by atoms with E-state index in [9.17, 15) is 28.9 Å². The summed E-state index contributed by atoms with van der Waals surface area (Å²) >= 11 is 0.772. The van der Waals surface area contributed by atoms with Gasteiger partial charge >= 0.3 is 5.97 Å². The van der Waals surface area contributed by atoms with Gasteiger partial charge in [0.05, 0.1) is 29.0 Å². The van der Waals surface area contributed by atoms with Gasteiger partial charge in [-0.25, -0.2) is 9.18 Å². The van der Waals surface area contributed by atoms with Gasteiger partial charge in [0.15, 0.2) is 11.5 Å². The fourth-order valence-corrected chi connectivity index (χ4v) is 4.16. The molecule has 1 aliphatic heterocycles. The Bertz CT molecular complexity index is 1410. The minimum atomic E-state index is -0.813. The highest BCUT2D eigenvalue weighted by molar-refractivity contribution is 8.18. The maximum atomic E-state index is 13.1. The zero-order valence-electron chi connectivity index (χ0n) is 18.7. The molecule has 4 rings (SSSR count). The minimum Gasteiger partial charge on any atom is -0.493 e. The summed E-state index contributed by atoms with van der Waals surface area (Å²) in [5.74, 6) is -1.48. The molecule has 0 aliphatic carbocycles. The largest absolute Gasteiger partial charge is 0.493 e. The molecule has 0 atom stereocenters. The lowest BCUT2D eigenvalue weighted by Crippen LogP contribution is -2.27. The number of imide groups is 1. The van der Waals surface area contributed by atoms with Crippen molar-refractivity contribution in [1.82, 2.24) is 4.90 Å². The number of nitro benzene ring substituents is 1. The number of ether oxygens (including phenoxy) is 2. The first-order chi connectivity index (χ1) is 17.2. The molecule has 2 amide bonds. The van der Waals surface area contributed by atoms with Crippen LogP contribution in [-0.4, -0.2) is 34.0 Å². The first-order valence-corrected chi connectivity index (χ1v) is 11.2. The number of amides is 2. The van der Waals surface area contributed by atoms with E-state index in [4.69, 9.17) is 9.47 Å². The number of carbonyl (C=O) groups excluding carboxylic acids is 3. The molecule has 0 saturated carbocycles. The Kier molecular flexibility index (Phi) is 7.11. The minimum absolute atomic E-state index is 0.00911. The summed E-state index contributed by atoms with van der Waals surface area (Å²) in [7, 11) is 1.36. The second-order valence-electron chi connectivity index (χ2n) is 7.50. The summed E-state index contributed by atoms with van der Waals surface area (Å²) in [6.07, 6.45) is 1.50. The second kappa shape index (κ2) is 10.4. The molecule has 0 N–H and O–H groups in total. The van der Waals surface area contributed by atoms with Gasteiger partial charge in [0, 0.05) is 12.1 Å². The van der Waals surface area contributed by atoms with Gasteiger partial charge < -0.3 is 9.47 Å². The standard InChI is InChI=1S/C25H17FN2O7S/c1-34-21-11-16(7-10-20(21)35-24(30)17-3-2-4-19(13-17)28(32)33)12-22-23(29)27(25(31)36-22)14-15-5-8-18(26)9-6-15/h2-13H,14H2,1H3/b22-12-. The van der Waals surface area contributed by atoms with E-state index in [0.717, 1.165) is 22.7 Å². The maximum Gasteiger partial charge on any atom is 0.343 e. The third-order valence-corrected chi connectivity index (χ3v) is 6.02. The van der Waals surface area contributed by atoms with Crippen molar-refractivity contribution >= 4 is 40.6 Å². The van der Waals surface area contributed by atoms with Crippen LogP contribution >= 0.6 is 11.8 Å². The van der Waals surface area contributed by atoms with Crippen LogP contribution in [0.4, 0.5) is 14.9 Å². The van der Waals surface area contributed by atoms with Crippen molar-refractivity contribution in [2.45, 2.75) is 6.54 Å².